The number of thiophene rings is 2. The van der Waals surface area contributed by atoms with Crippen LogP contribution in [0.1, 0.15) is 40.3 Å². The van der Waals surface area contributed by atoms with Crippen molar-refractivity contribution in [1.82, 2.24) is 4.90 Å². The quantitative estimate of drug-likeness (QED) is 0.564. The predicted octanol–water partition coefficient (Wildman–Crippen LogP) is 5.32. The van der Waals surface area contributed by atoms with E-state index in [0.29, 0.717) is 19.4 Å². The van der Waals surface area contributed by atoms with E-state index in [-0.39, 0.29) is 11.9 Å². The van der Waals surface area contributed by atoms with Crippen molar-refractivity contribution >= 4 is 28.6 Å². The minimum Gasteiger partial charge on any atom is -0.494 e. The maximum Gasteiger partial charge on any atom is 0.223 e. The molecule has 1 aliphatic rings. The van der Waals surface area contributed by atoms with Crippen molar-refractivity contribution in [2.45, 2.75) is 32.2 Å². The van der Waals surface area contributed by atoms with Crippen LogP contribution in [0.15, 0.2) is 53.2 Å². The van der Waals surface area contributed by atoms with Crippen molar-refractivity contribution in [2.75, 3.05) is 13.2 Å². The maximum absolute atomic E-state index is 13.2. The summed E-state index contributed by atoms with van der Waals surface area (Å²) in [5, 5.41) is 4.24. The monoisotopic (exact) mass is 397 g/mol. The Hall–Kier alpha value is -2.11. The number of aryl methyl sites for hydroxylation is 1. The van der Waals surface area contributed by atoms with Gasteiger partial charge < -0.3 is 9.64 Å². The Morgan fingerprint density at radius 3 is 2.85 bits per heavy atom. The molecular weight excluding hydrogens is 374 g/mol. The molecule has 0 bridgehead atoms. The molecule has 0 fully saturated rings. The Bertz CT molecular complexity index is 901. The molecule has 1 amide bonds. The van der Waals surface area contributed by atoms with Crippen LogP contribution in [0.2, 0.25) is 0 Å². The molecule has 3 aromatic rings. The number of fused-ring (bicyclic) bond motifs is 1. The van der Waals surface area contributed by atoms with E-state index in [9.17, 15) is 4.79 Å². The number of carbonyl (C=O) groups excluding carboxylic acids is 1. The lowest BCUT2D eigenvalue weighted by Crippen LogP contribution is -2.39. The molecule has 2 aromatic heterocycles. The van der Waals surface area contributed by atoms with E-state index in [0.717, 1.165) is 24.3 Å². The summed E-state index contributed by atoms with van der Waals surface area (Å²) < 4.78 is 5.71. The molecule has 3 heterocycles. The van der Waals surface area contributed by atoms with E-state index in [1.165, 1.54) is 15.3 Å². The molecule has 0 saturated heterocycles. The van der Waals surface area contributed by atoms with Gasteiger partial charge in [0.1, 0.15) is 5.75 Å². The molecule has 1 unspecified atom stereocenters. The van der Waals surface area contributed by atoms with Crippen molar-refractivity contribution < 1.29 is 9.53 Å². The number of hydrogen-bond donors (Lipinski definition) is 0. The number of amides is 1. The van der Waals surface area contributed by atoms with Gasteiger partial charge in [-0.05, 0) is 59.9 Å². The second-order valence-corrected chi connectivity index (χ2v) is 8.57. The molecule has 0 aliphatic carbocycles. The first-order chi connectivity index (χ1) is 13.3. The summed E-state index contributed by atoms with van der Waals surface area (Å²) in [4.78, 5) is 17.9. The highest BCUT2D eigenvalue weighted by Gasteiger charge is 2.33. The zero-order valence-corrected chi connectivity index (χ0v) is 17.0. The second-order valence-electron chi connectivity index (χ2n) is 6.59. The van der Waals surface area contributed by atoms with Gasteiger partial charge in [-0.2, -0.15) is 0 Å². The fraction of sp³-hybridized carbons (Fsp3) is 0.318. The van der Waals surface area contributed by atoms with Crippen molar-refractivity contribution in [3.05, 3.63) is 74.1 Å². The topological polar surface area (TPSA) is 29.5 Å². The molecule has 0 spiro atoms. The standard InChI is InChI=1S/C22H23NO2S2/c1-2-25-18-7-4-3-6-16(18)9-10-21(24)23-13-11-19-17(12-15-27-19)22(23)20-8-5-14-26-20/h3-8,12,14-15,22H,2,9-11,13H2,1H3. The van der Waals surface area contributed by atoms with Gasteiger partial charge in [-0.15, -0.1) is 22.7 Å². The number of rotatable bonds is 6. The summed E-state index contributed by atoms with van der Waals surface area (Å²) in [6.45, 7) is 3.42. The number of para-hydroxylation sites is 1. The lowest BCUT2D eigenvalue weighted by Gasteiger charge is -2.35. The summed E-state index contributed by atoms with van der Waals surface area (Å²) in [7, 11) is 0. The molecule has 0 radical (unpaired) electrons. The average molecular weight is 398 g/mol. The number of carbonyl (C=O) groups is 1. The normalized spacial score (nSPS) is 16.2. The molecular formula is C22H23NO2S2. The Kier molecular flexibility index (Phi) is 5.60. The van der Waals surface area contributed by atoms with Crippen LogP contribution in [-0.4, -0.2) is 24.0 Å². The van der Waals surface area contributed by atoms with Gasteiger partial charge in [-0.25, -0.2) is 0 Å². The van der Waals surface area contributed by atoms with E-state index in [4.69, 9.17) is 4.74 Å². The largest absolute Gasteiger partial charge is 0.494 e. The number of nitrogens with zero attached hydrogens (tertiary/aromatic N) is 1. The molecule has 5 heteroatoms. The predicted molar refractivity (Wildman–Crippen MR) is 112 cm³/mol. The van der Waals surface area contributed by atoms with Crippen molar-refractivity contribution in [2.24, 2.45) is 0 Å². The van der Waals surface area contributed by atoms with Gasteiger partial charge in [0.15, 0.2) is 0 Å². The highest BCUT2D eigenvalue weighted by Crippen LogP contribution is 2.39. The van der Waals surface area contributed by atoms with Gasteiger partial charge in [0.25, 0.3) is 0 Å². The molecule has 3 nitrogen and oxygen atoms in total. The highest BCUT2D eigenvalue weighted by atomic mass is 32.1. The zero-order chi connectivity index (χ0) is 18.6. The highest BCUT2D eigenvalue weighted by molar-refractivity contribution is 7.10. The lowest BCUT2D eigenvalue weighted by atomic mass is 9.97. The van der Waals surface area contributed by atoms with Crippen LogP contribution in [0, 0.1) is 0 Å². The van der Waals surface area contributed by atoms with Crippen molar-refractivity contribution in [3.63, 3.8) is 0 Å². The van der Waals surface area contributed by atoms with E-state index in [1.54, 1.807) is 11.3 Å². The van der Waals surface area contributed by atoms with Gasteiger partial charge in [-0.1, -0.05) is 24.3 Å². The van der Waals surface area contributed by atoms with Crippen molar-refractivity contribution in [3.8, 4) is 5.75 Å². The first-order valence-corrected chi connectivity index (χ1v) is 11.1. The Labute approximate surface area is 168 Å². The Morgan fingerprint density at radius 2 is 2.04 bits per heavy atom. The van der Waals surface area contributed by atoms with Crippen LogP contribution in [0.4, 0.5) is 0 Å². The third-order valence-corrected chi connectivity index (χ3v) is 6.90. The average Bonchev–Trinajstić information content (AvgIpc) is 3.38. The van der Waals surface area contributed by atoms with Crippen LogP contribution in [0.3, 0.4) is 0 Å². The molecule has 0 N–H and O–H groups in total. The van der Waals surface area contributed by atoms with E-state index in [1.807, 2.05) is 36.5 Å². The number of ether oxygens (including phenoxy) is 1. The molecule has 0 saturated carbocycles. The van der Waals surface area contributed by atoms with E-state index in [2.05, 4.69) is 39.9 Å². The van der Waals surface area contributed by atoms with E-state index < -0.39 is 0 Å². The van der Waals surface area contributed by atoms with Crippen LogP contribution in [0.25, 0.3) is 0 Å². The van der Waals surface area contributed by atoms with Gasteiger partial charge in [0, 0.05) is 22.7 Å². The molecule has 4 rings (SSSR count). The van der Waals surface area contributed by atoms with Gasteiger partial charge in [0.05, 0.1) is 12.6 Å². The molecule has 1 aliphatic heterocycles. The summed E-state index contributed by atoms with van der Waals surface area (Å²) in [5.74, 6) is 1.11. The Morgan fingerprint density at radius 1 is 1.15 bits per heavy atom. The molecule has 140 valence electrons. The number of benzene rings is 1. The molecule has 1 atom stereocenters. The van der Waals surface area contributed by atoms with Crippen LogP contribution < -0.4 is 4.74 Å². The summed E-state index contributed by atoms with van der Waals surface area (Å²) in [6, 6.07) is 14.5. The minimum absolute atomic E-state index is 0.0645. The number of hydrogen-bond acceptors (Lipinski definition) is 4. The summed E-state index contributed by atoms with van der Waals surface area (Å²) >= 11 is 3.54. The van der Waals surface area contributed by atoms with E-state index >= 15 is 0 Å². The zero-order valence-electron chi connectivity index (χ0n) is 15.4. The third kappa shape index (κ3) is 3.80. The Balaban J connectivity index is 1.53. The summed E-state index contributed by atoms with van der Waals surface area (Å²) in [5.41, 5.74) is 2.41. The first kappa shape index (κ1) is 18.3. The first-order valence-electron chi connectivity index (χ1n) is 9.37. The lowest BCUT2D eigenvalue weighted by molar-refractivity contribution is -0.133. The fourth-order valence-corrected chi connectivity index (χ4v) is 5.49. The smallest absolute Gasteiger partial charge is 0.223 e. The molecule has 27 heavy (non-hydrogen) atoms. The van der Waals surface area contributed by atoms with Crippen LogP contribution in [0.5, 0.6) is 5.75 Å². The third-order valence-electron chi connectivity index (χ3n) is 4.98. The summed E-state index contributed by atoms with van der Waals surface area (Å²) in [6.07, 6.45) is 2.17. The minimum atomic E-state index is 0.0645. The maximum atomic E-state index is 13.2. The van der Waals surface area contributed by atoms with Crippen LogP contribution >= 0.6 is 22.7 Å². The van der Waals surface area contributed by atoms with Crippen molar-refractivity contribution in [1.29, 1.82) is 0 Å². The van der Waals surface area contributed by atoms with Gasteiger partial charge in [-0.3, -0.25) is 4.79 Å². The van der Waals surface area contributed by atoms with Gasteiger partial charge in [0.2, 0.25) is 5.91 Å². The van der Waals surface area contributed by atoms with Crippen LogP contribution in [-0.2, 0) is 17.6 Å². The second kappa shape index (κ2) is 8.28. The SMILES string of the molecule is CCOc1ccccc1CCC(=O)N1CCc2sccc2C1c1cccs1. The van der Waals surface area contributed by atoms with Gasteiger partial charge >= 0.3 is 0 Å². The molecule has 1 aromatic carbocycles. The fourth-order valence-electron chi connectivity index (χ4n) is 3.73.